The van der Waals surface area contributed by atoms with E-state index in [0.717, 1.165) is 0 Å². The number of aliphatic hydroxyl groups excluding tert-OH is 1. The lowest BCUT2D eigenvalue weighted by molar-refractivity contribution is -0.172. The van der Waals surface area contributed by atoms with E-state index in [9.17, 15) is 43.8 Å². The van der Waals surface area contributed by atoms with Crippen molar-refractivity contribution in [1.29, 1.82) is 0 Å². The third-order valence-corrected chi connectivity index (χ3v) is 5.71. The maximum Gasteiger partial charge on any atom is 0.333 e. The zero-order valence-electron chi connectivity index (χ0n) is 19.2. The van der Waals surface area contributed by atoms with Gasteiger partial charge in [0, 0.05) is 5.92 Å². The topological polar surface area (TPSA) is 357 Å². The highest BCUT2D eigenvalue weighted by Crippen LogP contribution is 2.45. The lowest BCUT2D eigenvalue weighted by atomic mass is 9.51. The summed E-state index contributed by atoms with van der Waals surface area (Å²) in [6.07, 6.45) is -3.08. The Balaban J connectivity index is 7.97. The summed E-state index contributed by atoms with van der Waals surface area (Å²) in [6, 6.07) is -6.37. The Morgan fingerprint density at radius 2 is 1.19 bits per heavy atom. The van der Waals surface area contributed by atoms with Crippen LogP contribution in [0.3, 0.4) is 0 Å². The maximum atomic E-state index is 13.8. The first kappa shape index (κ1) is 32.8. The maximum absolute atomic E-state index is 13.8. The minimum absolute atomic E-state index is 0.576. The van der Waals surface area contributed by atoms with Gasteiger partial charge in [0.15, 0.2) is 28.7 Å². The first-order valence-corrected chi connectivity index (χ1v) is 10.4. The molecule has 0 saturated heterocycles. The predicted octanol–water partition coefficient (Wildman–Crippen LogP) is -6.12. The molecule has 0 bridgehead atoms. The van der Waals surface area contributed by atoms with Gasteiger partial charge in [-0.1, -0.05) is 0 Å². The number of ketones is 4. The van der Waals surface area contributed by atoms with Crippen molar-refractivity contribution in [2.24, 2.45) is 45.7 Å². The van der Waals surface area contributed by atoms with Gasteiger partial charge in [0.05, 0.1) is 44.1 Å². The van der Waals surface area contributed by atoms with Crippen LogP contribution in [-0.2, 0) is 33.6 Å². The highest BCUT2D eigenvalue weighted by Gasteiger charge is 2.72. The molecule has 0 aliphatic rings. The molecule has 204 valence electrons. The molecule has 0 aliphatic heterocycles. The third kappa shape index (κ3) is 6.13. The summed E-state index contributed by atoms with van der Waals surface area (Å²) in [5, 5.41) is 37.7. The van der Waals surface area contributed by atoms with Crippen LogP contribution in [0.15, 0.2) is 0 Å². The number of carboxylic acids is 3. The third-order valence-electron chi connectivity index (χ3n) is 5.71. The zero-order valence-corrected chi connectivity index (χ0v) is 19.2. The van der Waals surface area contributed by atoms with Crippen LogP contribution in [0.25, 0.3) is 0 Å². The van der Waals surface area contributed by atoms with E-state index in [-0.39, 0.29) is 0 Å². The van der Waals surface area contributed by atoms with Crippen molar-refractivity contribution in [3.63, 3.8) is 0 Å². The normalized spacial score (nSPS) is 18.0. The van der Waals surface area contributed by atoms with Crippen LogP contribution in [-0.4, -0.2) is 105 Å². The standard InChI is InChI=1S/C19H32N6O11/c20-2-1-7(14(32)8(22)3-12(28)29)18(16(34)10(24)6-26,15(33)9(23)4-13(30)31)19(25,17(35)36)11(27)5-21/h7-10,26H,1-6,20-25H2,(H,28,29)(H,30,31)(H,35,36). The number of aliphatic carboxylic acids is 3. The highest BCUT2D eigenvalue weighted by molar-refractivity contribution is 6.26. The number of carboxylic acid groups (broad SMARTS) is 3. The van der Waals surface area contributed by atoms with Crippen LogP contribution in [0, 0.1) is 11.3 Å². The van der Waals surface area contributed by atoms with Gasteiger partial charge in [-0.2, -0.15) is 0 Å². The summed E-state index contributed by atoms with van der Waals surface area (Å²) in [5.41, 5.74) is 26.4. The van der Waals surface area contributed by atoms with Gasteiger partial charge in [-0.15, -0.1) is 0 Å². The lowest BCUT2D eigenvalue weighted by Gasteiger charge is -2.48. The Bertz CT molecular complexity index is 912. The molecule has 17 nitrogen and oxygen atoms in total. The molecule has 0 saturated carbocycles. The van der Waals surface area contributed by atoms with Gasteiger partial charge in [-0.3, -0.25) is 28.8 Å². The Kier molecular flexibility index (Phi) is 12.0. The largest absolute Gasteiger partial charge is 0.481 e. The SMILES string of the molecule is NCCC(C(=O)C(N)CC(=O)O)C(C(=O)C(N)CO)(C(=O)C(N)CC(=O)O)C(N)(C(=O)O)C(=O)CN. The molecule has 6 unspecified atom stereocenters. The molecule has 0 aliphatic carbocycles. The molecule has 16 N–H and O–H groups in total. The second kappa shape index (κ2) is 13.2. The molecule has 6 atom stereocenters. The van der Waals surface area contributed by atoms with Crippen LogP contribution >= 0.6 is 0 Å². The molecular weight excluding hydrogens is 488 g/mol. The van der Waals surface area contributed by atoms with Crippen LogP contribution in [0.4, 0.5) is 0 Å². The number of Topliss-reactive ketones (excluding diaryl/α,β-unsaturated/α-hetero) is 4. The Labute approximate surface area is 204 Å². The van der Waals surface area contributed by atoms with E-state index >= 15 is 0 Å². The first-order chi connectivity index (χ1) is 16.5. The molecule has 0 heterocycles. The predicted molar refractivity (Wildman–Crippen MR) is 119 cm³/mol. The average Bonchev–Trinajstić information content (AvgIpc) is 2.80. The van der Waals surface area contributed by atoms with Crippen molar-refractivity contribution >= 4 is 41.0 Å². The number of carbonyl (C=O) groups excluding carboxylic acids is 4. The smallest absolute Gasteiger partial charge is 0.333 e. The van der Waals surface area contributed by atoms with E-state index in [4.69, 9.17) is 44.6 Å². The van der Waals surface area contributed by atoms with E-state index in [2.05, 4.69) is 0 Å². The van der Waals surface area contributed by atoms with Crippen molar-refractivity contribution < 1.29 is 54.0 Å². The van der Waals surface area contributed by atoms with Gasteiger partial charge in [0.1, 0.15) is 5.41 Å². The molecule has 0 aromatic rings. The Morgan fingerprint density at radius 1 is 0.750 bits per heavy atom. The van der Waals surface area contributed by atoms with E-state index < -0.39 is 115 Å². The number of hydrogen-bond acceptors (Lipinski definition) is 14. The number of carbonyl (C=O) groups is 7. The molecule has 0 rings (SSSR count). The van der Waals surface area contributed by atoms with Gasteiger partial charge >= 0.3 is 17.9 Å². The molecular formula is C19H32N6O11. The first-order valence-electron chi connectivity index (χ1n) is 10.4. The van der Waals surface area contributed by atoms with Gasteiger partial charge in [0.2, 0.25) is 0 Å². The molecule has 0 aromatic heterocycles. The molecule has 17 heteroatoms. The molecule has 36 heavy (non-hydrogen) atoms. The minimum Gasteiger partial charge on any atom is -0.481 e. The van der Waals surface area contributed by atoms with Crippen molar-refractivity contribution in [2.75, 3.05) is 19.7 Å². The molecule has 0 aromatic carbocycles. The number of hydrogen-bond donors (Lipinski definition) is 10. The molecule has 0 amide bonds. The summed E-state index contributed by atoms with van der Waals surface area (Å²) < 4.78 is 0. The zero-order chi connectivity index (χ0) is 28.6. The van der Waals surface area contributed by atoms with Crippen LogP contribution in [0.1, 0.15) is 19.3 Å². The van der Waals surface area contributed by atoms with E-state index in [1.165, 1.54) is 0 Å². The van der Waals surface area contributed by atoms with Crippen LogP contribution < -0.4 is 34.4 Å². The van der Waals surface area contributed by atoms with Crippen LogP contribution in [0.2, 0.25) is 0 Å². The summed E-state index contributed by atoms with van der Waals surface area (Å²) in [7, 11) is 0. The van der Waals surface area contributed by atoms with E-state index in [1.54, 1.807) is 0 Å². The quantitative estimate of drug-likeness (QED) is 0.0751. The summed E-state index contributed by atoms with van der Waals surface area (Å²) in [6.45, 7) is -3.02. The fourth-order valence-corrected chi connectivity index (χ4v) is 4.03. The molecule has 0 fully saturated rings. The Morgan fingerprint density at radius 3 is 1.56 bits per heavy atom. The summed E-state index contributed by atoms with van der Waals surface area (Å²) in [4.78, 5) is 88.6. The van der Waals surface area contributed by atoms with Crippen molar-refractivity contribution in [3.05, 3.63) is 0 Å². The fourth-order valence-electron chi connectivity index (χ4n) is 4.03. The van der Waals surface area contributed by atoms with Gasteiger partial charge in [0.25, 0.3) is 0 Å². The minimum atomic E-state index is -3.70. The van der Waals surface area contributed by atoms with Crippen molar-refractivity contribution in [1.82, 2.24) is 0 Å². The van der Waals surface area contributed by atoms with E-state index in [0.29, 0.717) is 0 Å². The molecule has 0 spiro atoms. The second-order valence-electron chi connectivity index (χ2n) is 8.01. The Hall–Kier alpha value is -3.19. The molecule has 0 radical (unpaired) electrons. The van der Waals surface area contributed by atoms with Crippen molar-refractivity contribution in [3.8, 4) is 0 Å². The average molecular weight is 520 g/mol. The van der Waals surface area contributed by atoms with Gasteiger partial charge in [-0.05, 0) is 13.0 Å². The van der Waals surface area contributed by atoms with Gasteiger partial charge < -0.3 is 54.8 Å². The monoisotopic (exact) mass is 520 g/mol. The van der Waals surface area contributed by atoms with Crippen molar-refractivity contribution in [2.45, 2.75) is 42.9 Å². The fraction of sp³-hybridized carbons (Fsp3) is 0.632. The summed E-state index contributed by atoms with van der Waals surface area (Å²) in [5.74, 6) is -14.7. The highest BCUT2D eigenvalue weighted by atomic mass is 16.4. The number of nitrogens with two attached hydrogens (primary N) is 6. The number of rotatable bonds is 18. The van der Waals surface area contributed by atoms with Gasteiger partial charge in [-0.25, -0.2) is 4.79 Å². The van der Waals surface area contributed by atoms with Crippen LogP contribution in [0.5, 0.6) is 0 Å². The lowest BCUT2D eigenvalue weighted by Crippen LogP contribution is -2.79. The summed E-state index contributed by atoms with van der Waals surface area (Å²) >= 11 is 0. The van der Waals surface area contributed by atoms with E-state index in [1.807, 2.05) is 0 Å². The second-order valence-corrected chi connectivity index (χ2v) is 8.01. The number of aliphatic hydroxyl groups is 1.